The highest BCUT2D eigenvalue weighted by Crippen LogP contribution is 2.37. The predicted molar refractivity (Wildman–Crippen MR) is 55.4 cm³/mol. The van der Waals surface area contributed by atoms with Crippen LogP contribution in [0.4, 0.5) is 0 Å². The molecule has 2 rings (SSSR count). The van der Waals surface area contributed by atoms with Crippen LogP contribution in [-0.4, -0.2) is 11.4 Å². The van der Waals surface area contributed by atoms with E-state index in [-0.39, 0.29) is 0 Å². The van der Waals surface area contributed by atoms with E-state index in [1.807, 2.05) is 0 Å². The summed E-state index contributed by atoms with van der Waals surface area (Å²) in [5, 5.41) is 3.72. The van der Waals surface area contributed by atoms with Crippen molar-refractivity contribution in [1.29, 1.82) is 0 Å². The Labute approximate surface area is 91.0 Å². The lowest BCUT2D eigenvalue weighted by Gasteiger charge is -2.18. The lowest BCUT2D eigenvalue weighted by Crippen LogP contribution is -2.03. The quantitative estimate of drug-likeness (QED) is 0.764. The van der Waals surface area contributed by atoms with Crippen molar-refractivity contribution >= 4 is 22.2 Å². The summed E-state index contributed by atoms with van der Waals surface area (Å²) in [7, 11) is 0. The maximum atomic E-state index is 10.6. The van der Waals surface area contributed by atoms with Crippen LogP contribution in [0.2, 0.25) is 0 Å². The largest absolute Gasteiger partial charge is 0.359 e. The molecule has 1 aromatic heterocycles. The molecule has 0 aliphatic heterocycles. The molecule has 1 heterocycles. The Morgan fingerprint density at radius 1 is 1.36 bits per heavy atom. The molecule has 0 aromatic carbocycles. The molecule has 0 amide bonds. The van der Waals surface area contributed by atoms with Gasteiger partial charge in [0.1, 0.15) is 0 Å². The Kier molecular flexibility index (Phi) is 3.01. The maximum Gasteiger partial charge on any atom is 0.173 e. The third kappa shape index (κ3) is 1.75. The fourth-order valence-corrected chi connectivity index (χ4v) is 2.56. The van der Waals surface area contributed by atoms with E-state index in [1.165, 1.54) is 19.3 Å². The molecular formula is C10H12BrNO2. The summed E-state index contributed by atoms with van der Waals surface area (Å²) in [4.78, 5) is 10.6. The van der Waals surface area contributed by atoms with Crippen LogP contribution in [0.5, 0.6) is 0 Å². The van der Waals surface area contributed by atoms with Crippen molar-refractivity contribution in [2.45, 2.75) is 38.0 Å². The van der Waals surface area contributed by atoms with Crippen molar-refractivity contribution in [1.82, 2.24) is 5.16 Å². The smallest absolute Gasteiger partial charge is 0.173 e. The van der Waals surface area contributed by atoms with Gasteiger partial charge in [-0.15, -0.1) is 0 Å². The van der Waals surface area contributed by atoms with Crippen LogP contribution < -0.4 is 0 Å². The summed E-state index contributed by atoms with van der Waals surface area (Å²) < 4.78 is 5.95. The van der Waals surface area contributed by atoms with Gasteiger partial charge in [-0.2, -0.15) is 0 Å². The maximum absolute atomic E-state index is 10.6. The minimum atomic E-state index is 0.380. The first-order valence-electron chi connectivity index (χ1n) is 4.93. The Morgan fingerprint density at radius 3 is 2.64 bits per heavy atom. The van der Waals surface area contributed by atoms with Gasteiger partial charge in [-0.05, 0) is 28.8 Å². The molecule has 1 fully saturated rings. The first-order chi connectivity index (χ1) is 6.83. The normalized spacial score (nSPS) is 18.4. The molecule has 1 aromatic rings. The number of nitrogens with zero attached hydrogens (tertiary/aromatic N) is 1. The Balaban J connectivity index is 2.22. The first-order valence-corrected chi connectivity index (χ1v) is 5.72. The number of halogens is 1. The van der Waals surface area contributed by atoms with Crippen LogP contribution in [0, 0.1) is 0 Å². The second-order valence-corrected chi connectivity index (χ2v) is 4.49. The van der Waals surface area contributed by atoms with Gasteiger partial charge < -0.3 is 4.52 Å². The van der Waals surface area contributed by atoms with Gasteiger partial charge in [0, 0.05) is 5.92 Å². The van der Waals surface area contributed by atoms with Crippen molar-refractivity contribution in [3.05, 3.63) is 15.9 Å². The summed E-state index contributed by atoms with van der Waals surface area (Å²) in [6.45, 7) is 0. The molecule has 1 aliphatic rings. The molecule has 0 N–H and O–H groups in total. The van der Waals surface area contributed by atoms with E-state index in [9.17, 15) is 4.79 Å². The molecule has 0 saturated heterocycles. The van der Waals surface area contributed by atoms with Crippen molar-refractivity contribution in [3.8, 4) is 0 Å². The van der Waals surface area contributed by atoms with E-state index >= 15 is 0 Å². The summed E-state index contributed by atoms with van der Waals surface area (Å²) in [5.41, 5.74) is 0.380. The average Bonchev–Trinajstić information content (AvgIpc) is 2.61. The molecule has 4 heteroatoms. The van der Waals surface area contributed by atoms with Crippen molar-refractivity contribution in [2.24, 2.45) is 0 Å². The number of aromatic nitrogens is 1. The van der Waals surface area contributed by atoms with Crippen molar-refractivity contribution in [3.63, 3.8) is 0 Å². The van der Waals surface area contributed by atoms with Gasteiger partial charge >= 0.3 is 0 Å². The summed E-state index contributed by atoms with van der Waals surface area (Å²) in [5.74, 6) is 1.30. The fourth-order valence-electron chi connectivity index (χ4n) is 2.00. The van der Waals surface area contributed by atoms with Crippen LogP contribution in [0.25, 0.3) is 0 Å². The third-order valence-electron chi connectivity index (χ3n) is 2.77. The van der Waals surface area contributed by atoms with Gasteiger partial charge in [0.15, 0.2) is 17.7 Å². The van der Waals surface area contributed by atoms with Crippen LogP contribution in [-0.2, 0) is 0 Å². The van der Waals surface area contributed by atoms with E-state index in [0.717, 1.165) is 29.4 Å². The molecule has 14 heavy (non-hydrogen) atoms. The van der Waals surface area contributed by atoms with E-state index < -0.39 is 0 Å². The molecule has 0 radical (unpaired) electrons. The summed E-state index contributed by atoms with van der Waals surface area (Å²) >= 11 is 3.36. The molecule has 0 bridgehead atoms. The zero-order valence-corrected chi connectivity index (χ0v) is 9.42. The fraction of sp³-hybridized carbons (Fsp3) is 0.600. The van der Waals surface area contributed by atoms with Crippen LogP contribution >= 0.6 is 15.9 Å². The molecule has 76 valence electrons. The lowest BCUT2D eigenvalue weighted by molar-refractivity contribution is 0.111. The number of hydrogen-bond donors (Lipinski definition) is 0. The van der Waals surface area contributed by atoms with Crippen molar-refractivity contribution in [2.75, 3.05) is 0 Å². The zero-order chi connectivity index (χ0) is 9.97. The highest BCUT2D eigenvalue weighted by Gasteiger charge is 2.24. The Hall–Kier alpha value is -0.640. The average molecular weight is 258 g/mol. The topological polar surface area (TPSA) is 43.1 Å². The van der Waals surface area contributed by atoms with Crippen LogP contribution in [0.3, 0.4) is 0 Å². The molecule has 0 atom stereocenters. The van der Waals surface area contributed by atoms with E-state index in [4.69, 9.17) is 4.52 Å². The number of aldehydes is 1. The van der Waals surface area contributed by atoms with E-state index in [1.54, 1.807) is 0 Å². The minimum absolute atomic E-state index is 0.380. The molecule has 1 saturated carbocycles. The molecule has 3 nitrogen and oxygen atoms in total. The van der Waals surface area contributed by atoms with Crippen molar-refractivity contribution < 1.29 is 9.32 Å². The third-order valence-corrected chi connectivity index (χ3v) is 3.57. The number of rotatable bonds is 2. The lowest BCUT2D eigenvalue weighted by atomic mass is 9.87. The Morgan fingerprint density at radius 2 is 2.07 bits per heavy atom. The van der Waals surface area contributed by atoms with Gasteiger partial charge in [-0.25, -0.2) is 0 Å². The second-order valence-electron chi connectivity index (χ2n) is 3.70. The van der Waals surface area contributed by atoms with Crippen LogP contribution in [0.1, 0.15) is 54.3 Å². The SMILES string of the molecule is O=Cc1noc(C2CCCCC2)c1Br. The number of hydrogen-bond acceptors (Lipinski definition) is 3. The number of carbonyl (C=O) groups excluding carboxylic acids is 1. The van der Waals surface area contributed by atoms with Gasteiger partial charge in [0.25, 0.3) is 0 Å². The predicted octanol–water partition coefficient (Wildman–Crippen LogP) is 3.30. The van der Waals surface area contributed by atoms with Gasteiger partial charge in [-0.3, -0.25) is 4.79 Å². The first kappa shape index (κ1) is 9.90. The number of carbonyl (C=O) groups is 1. The minimum Gasteiger partial charge on any atom is -0.359 e. The molecule has 1 aliphatic carbocycles. The van der Waals surface area contributed by atoms with E-state index in [2.05, 4.69) is 21.1 Å². The molecule has 0 unspecified atom stereocenters. The van der Waals surface area contributed by atoms with Gasteiger partial charge in [0.2, 0.25) is 0 Å². The standard InChI is InChI=1S/C10H12BrNO2/c11-9-8(6-13)12-14-10(9)7-4-2-1-3-5-7/h6-7H,1-5H2. The highest BCUT2D eigenvalue weighted by atomic mass is 79.9. The van der Waals surface area contributed by atoms with E-state index in [0.29, 0.717) is 11.6 Å². The zero-order valence-electron chi connectivity index (χ0n) is 7.83. The van der Waals surface area contributed by atoms with Crippen LogP contribution in [0.15, 0.2) is 9.00 Å². The Bertz CT molecular complexity index is 329. The summed E-state index contributed by atoms with van der Waals surface area (Å²) in [6.07, 6.45) is 6.81. The van der Waals surface area contributed by atoms with Gasteiger partial charge in [0.05, 0.1) is 4.47 Å². The monoisotopic (exact) mass is 257 g/mol. The molecule has 0 spiro atoms. The molecular weight excluding hydrogens is 246 g/mol. The summed E-state index contributed by atoms with van der Waals surface area (Å²) in [6, 6.07) is 0. The second kappa shape index (κ2) is 4.26. The van der Waals surface area contributed by atoms with Gasteiger partial charge in [-0.1, -0.05) is 24.4 Å². The highest BCUT2D eigenvalue weighted by molar-refractivity contribution is 9.10.